The Morgan fingerprint density at radius 2 is 1.77 bits per heavy atom. The molecule has 31 heavy (non-hydrogen) atoms. The topological polar surface area (TPSA) is 101 Å². The number of carbonyl (C=O) groups excluding carboxylic acids is 1. The molecule has 164 valence electrons. The van der Waals surface area contributed by atoms with E-state index in [1.54, 1.807) is 26.0 Å². The fraction of sp³-hybridized carbons (Fsp3) is 0.250. The lowest BCUT2D eigenvalue weighted by atomic mass is 10.2. The van der Waals surface area contributed by atoms with E-state index in [1.165, 1.54) is 34.9 Å². The van der Waals surface area contributed by atoms with Crippen molar-refractivity contribution in [1.82, 2.24) is 14.3 Å². The molecule has 0 aliphatic carbocycles. The molecule has 0 unspecified atom stereocenters. The molecule has 0 saturated carbocycles. The van der Waals surface area contributed by atoms with Crippen LogP contribution in [0, 0.1) is 0 Å². The van der Waals surface area contributed by atoms with Gasteiger partial charge in [-0.05, 0) is 36.4 Å². The number of anilines is 1. The second-order valence-electron chi connectivity index (χ2n) is 6.41. The van der Waals surface area contributed by atoms with Crippen molar-refractivity contribution in [3.8, 4) is 5.88 Å². The third-order valence-corrected chi connectivity index (χ3v) is 7.01. The van der Waals surface area contributed by atoms with Crippen LogP contribution in [-0.4, -0.2) is 48.3 Å². The molecule has 0 radical (unpaired) electrons. The van der Waals surface area contributed by atoms with Gasteiger partial charge in [0.15, 0.2) is 6.61 Å². The maximum atomic E-state index is 12.5. The highest BCUT2D eigenvalue weighted by atomic mass is 35.5. The summed E-state index contributed by atoms with van der Waals surface area (Å²) in [7, 11) is -3.56. The van der Waals surface area contributed by atoms with Crippen LogP contribution in [0.2, 0.25) is 10.0 Å². The average Bonchev–Trinajstić information content (AvgIpc) is 2.73. The fourth-order valence-corrected chi connectivity index (χ4v) is 4.94. The zero-order valence-electron chi connectivity index (χ0n) is 16.8. The van der Waals surface area contributed by atoms with E-state index in [0.717, 1.165) is 0 Å². The Morgan fingerprint density at radius 1 is 1.10 bits per heavy atom. The van der Waals surface area contributed by atoms with E-state index in [0.29, 0.717) is 39.7 Å². The van der Waals surface area contributed by atoms with E-state index >= 15 is 0 Å². The lowest BCUT2D eigenvalue weighted by Crippen LogP contribution is -2.30. The Morgan fingerprint density at radius 3 is 2.42 bits per heavy atom. The van der Waals surface area contributed by atoms with Crippen molar-refractivity contribution in [2.24, 2.45) is 0 Å². The lowest BCUT2D eigenvalue weighted by molar-refractivity contribution is -0.118. The molecule has 0 atom stereocenters. The van der Waals surface area contributed by atoms with Crippen LogP contribution in [0.5, 0.6) is 5.88 Å². The molecule has 11 heteroatoms. The van der Waals surface area contributed by atoms with Crippen LogP contribution < -0.4 is 10.1 Å². The van der Waals surface area contributed by atoms with Gasteiger partial charge < -0.3 is 10.1 Å². The first kappa shape index (κ1) is 23.2. The number of halogens is 2. The Hall–Kier alpha value is -2.46. The van der Waals surface area contributed by atoms with Crippen LogP contribution in [0.4, 0.5) is 5.69 Å². The predicted octanol–water partition coefficient (Wildman–Crippen LogP) is 3.98. The predicted molar refractivity (Wildman–Crippen MR) is 120 cm³/mol. The Balaban J connectivity index is 1.68. The highest BCUT2D eigenvalue weighted by Gasteiger charge is 2.21. The Kier molecular flexibility index (Phi) is 7.32. The number of nitrogens with zero attached hydrogens (tertiary/aromatic N) is 3. The zero-order chi connectivity index (χ0) is 22.6. The normalized spacial score (nSPS) is 11.6. The van der Waals surface area contributed by atoms with Crippen molar-refractivity contribution in [3.05, 3.63) is 52.8 Å². The quantitative estimate of drug-likeness (QED) is 0.520. The molecule has 0 saturated heterocycles. The summed E-state index contributed by atoms with van der Waals surface area (Å²) < 4.78 is 31.9. The van der Waals surface area contributed by atoms with Crippen molar-refractivity contribution in [2.75, 3.05) is 25.0 Å². The van der Waals surface area contributed by atoms with Gasteiger partial charge in [-0.2, -0.15) is 4.31 Å². The molecule has 8 nitrogen and oxygen atoms in total. The molecule has 1 aromatic heterocycles. The molecule has 0 aliphatic heterocycles. The van der Waals surface area contributed by atoms with Gasteiger partial charge in [0.2, 0.25) is 15.9 Å². The van der Waals surface area contributed by atoms with Crippen LogP contribution >= 0.6 is 23.2 Å². The third kappa shape index (κ3) is 5.24. The minimum absolute atomic E-state index is 0.159. The standard InChI is InChI=1S/C20H20Cl2N4O4S/c1-3-26(4-2)31(28,29)15-7-5-14(6-8-15)25-18(27)11-30-20-16-9-13(21)10-17(22)19(16)23-12-24-20/h5-10,12H,3-4,11H2,1-2H3,(H,25,27). The van der Waals surface area contributed by atoms with Crippen LogP contribution in [0.25, 0.3) is 10.9 Å². The summed E-state index contributed by atoms with van der Waals surface area (Å²) in [6.45, 7) is 3.98. The third-order valence-electron chi connectivity index (χ3n) is 4.44. The zero-order valence-corrected chi connectivity index (χ0v) is 19.1. The molecule has 2 aromatic carbocycles. The van der Waals surface area contributed by atoms with Crippen molar-refractivity contribution in [1.29, 1.82) is 0 Å². The van der Waals surface area contributed by atoms with Gasteiger partial charge in [-0.3, -0.25) is 4.79 Å². The molecule has 1 amide bonds. The van der Waals surface area contributed by atoms with Gasteiger partial charge in [-0.15, -0.1) is 0 Å². The summed E-state index contributed by atoms with van der Waals surface area (Å²) in [4.78, 5) is 20.6. The summed E-state index contributed by atoms with van der Waals surface area (Å²) in [5.74, 6) is -0.274. The van der Waals surface area contributed by atoms with Crippen LogP contribution in [0.3, 0.4) is 0 Å². The second-order valence-corrected chi connectivity index (χ2v) is 9.19. The molecule has 0 spiro atoms. The molecule has 1 heterocycles. The van der Waals surface area contributed by atoms with E-state index < -0.39 is 15.9 Å². The van der Waals surface area contributed by atoms with Gasteiger partial charge >= 0.3 is 0 Å². The molecule has 0 fully saturated rings. The maximum absolute atomic E-state index is 12.5. The highest BCUT2D eigenvalue weighted by molar-refractivity contribution is 7.89. The van der Waals surface area contributed by atoms with Crippen LogP contribution in [0.15, 0.2) is 47.6 Å². The molecule has 3 rings (SSSR count). The van der Waals surface area contributed by atoms with Crippen molar-refractivity contribution in [3.63, 3.8) is 0 Å². The lowest BCUT2D eigenvalue weighted by Gasteiger charge is -2.18. The number of sulfonamides is 1. The number of ether oxygens (including phenoxy) is 1. The number of hydrogen-bond acceptors (Lipinski definition) is 6. The maximum Gasteiger partial charge on any atom is 0.262 e. The molecule has 3 aromatic rings. The van der Waals surface area contributed by atoms with Gasteiger partial charge in [0.05, 0.1) is 20.8 Å². The number of aromatic nitrogens is 2. The summed E-state index contributed by atoms with van der Waals surface area (Å²) in [6.07, 6.45) is 1.28. The van der Waals surface area contributed by atoms with Crippen LogP contribution in [0.1, 0.15) is 13.8 Å². The molecular formula is C20H20Cl2N4O4S. The largest absolute Gasteiger partial charge is 0.467 e. The Bertz CT molecular complexity index is 1200. The molecule has 1 N–H and O–H groups in total. The minimum atomic E-state index is -3.56. The summed E-state index contributed by atoms with van der Waals surface area (Å²) in [5, 5.41) is 3.87. The first-order chi connectivity index (χ1) is 14.8. The number of benzene rings is 2. The van der Waals surface area contributed by atoms with Gasteiger partial charge in [0.1, 0.15) is 6.33 Å². The number of hydrogen-bond donors (Lipinski definition) is 1. The van der Waals surface area contributed by atoms with Gasteiger partial charge in [-0.1, -0.05) is 37.0 Å². The SMILES string of the molecule is CCN(CC)S(=O)(=O)c1ccc(NC(=O)COc2ncnc3c(Cl)cc(Cl)cc23)cc1. The van der Waals surface area contributed by atoms with Gasteiger partial charge in [0, 0.05) is 23.8 Å². The summed E-state index contributed by atoms with van der Waals surface area (Å²) in [6, 6.07) is 9.10. The van der Waals surface area contributed by atoms with E-state index in [9.17, 15) is 13.2 Å². The van der Waals surface area contributed by atoms with Crippen molar-refractivity contribution >= 4 is 55.7 Å². The summed E-state index contributed by atoms with van der Waals surface area (Å²) in [5.41, 5.74) is 0.896. The fourth-order valence-electron chi connectivity index (χ4n) is 2.94. The van der Waals surface area contributed by atoms with E-state index in [4.69, 9.17) is 27.9 Å². The van der Waals surface area contributed by atoms with Crippen molar-refractivity contribution < 1.29 is 17.9 Å². The molecule has 0 bridgehead atoms. The van der Waals surface area contributed by atoms with Crippen molar-refractivity contribution in [2.45, 2.75) is 18.7 Å². The summed E-state index contributed by atoms with van der Waals surface area (Å²) >= 11 is 12.2. The first-order valence-corrected chi connectivity index (χ1v) is 11.6. The van der Waals surface area contributed by atoms with Gasteiger partial charge in [0.25, 0.3) is 5.91 Å². The second kappa shape index (κ2) is 9.78. The number of amides is 1. The smallest absolute Gasteiger partial charge is 0.262 e. The highest BCUT2D eigenvalue weighted by Crippen LogP contribution is 2.30. The number of carbonyl (C=O) groups is 1. The Labute approximate surface area is 190 Å². The first-order valence-electron chi connectivity index (χ1n) is 9.38. The minimum Gasteiger partial charge on any atom is -0.467 e. The van der Waals surface area contributed by atoms with Crippen LogP contribution in [-0.2, 0) is 14.8 Å². The van der Waals surface area contributed by atoms with E-state index in [-0.39, 0.29) is 17.4 Å². The number of nitrogens with one attached hydrogen (secondary N) is 1. The molecular weight excluding hydrogens is 463 g/mol. The molecule has 0 aliphatic rings. The average molecular weight is 483 g/mol. The number of fused-ring (bicyclic) bond motifs is 1. The monoisotopic (exact) mass is 482 g/mol. The van der Waals surface area contributed by atoms with E-state index in [1.807, 2.05) is 0 Å². The van der Waals surface area contributed by atoms with E-state index in [2.05, 4.69) is 15.3 Å². The number of rotatable bonds is 8. The van der Waals surface area contributed by atoms with Gasteiger partial charge in [-0.25, -0.2) is 18.4 Å².